The lowest BCUT2D eigenvalue weighted by molar-refractivity contribution is 0.376. The van der Waals surface area contributed by atoms with E-state index in [1.165, 1.54) is 0 Å². The van der Waals surface area contributed by atoms with Crippen molar-refractivity contribution in [3.8, 4) is 0 Å². The van der Waals surface area contributed by atoms with Gasteiger partial charge in [0, 0.05) is 12.6 Å². The second-order valence-electron chi connectivity index (χ2n) is 4.38. The maximum Gasteiger partial charge on any atom is 0.189 e. The highest BCUT2D eigenvalue weighted by atomic mass is 127. The molecule has 18 heavy (non-hydrogen) atoms. The number of hydrogen-bond donors (Lipinski definition) is 2. The number of rotatable bonds is 5. The largest absolute Gasteiger partial charge is 0.370 e. The summed E-state index contributed by atoms with van der Waals surface area (Å²) in [7, 11) is 0. The molecular weight excluding hydrogens is 343 g/mol. The Kier molecular flexibility index (Phi) is 7.65. The maximum atomic E-state index is 5.67. The van der Waals surface area contributed by atoms with E-state index in [0.717, 1.165) is 11.3 Å². The van der Waals surface area contributed by atoms with Gasteiger partial charge in [-0.25, -0.2) is 4.99 Å². The van der Waals surface area contributed by atoms with Crippen LogP contribution in [0.2, 0.25) is 0 Å². The van der Waals surface area contributed by atoms with Crippen LogP contribution in [0.25, 0.3) is 0 Å². The van der Waals surface area contributed by atoms with E-state index in [9.17, 15) is 0 Å². The normalized spacial score (nSPS) is 11.2. The van der Waals surface area contributed by atoms with Crippen LogP contribution in [-0.2, 0) is 6.54 Å². The predicted molar refractivity (Wildman–Crippen MR) is 84.2 cm³/mol. The van der Waals surface area contributed by atoms with Crippen LogP contribution < -0.4 is 11.1 Å². The summed E-state index contributed by atoms with van der Waals surface area (Å²) >= 11 is 0. The van der Waals surface area contributed by atoms with E-state index in [1.807, 2.05) is 13.0 Å². The SMILES string of the molecule is C=C(C)CNC(N)=NCc1cc(C(C)C)no1.I. The predicted octanol–water partition coefficient (Wildman–Crippen LogP) is 2.40. The van der Waals surface area contributed by atoms with Gasteiger partial charge in [-0.15, -0.1) is 24.0 Å². The van der Waals surface area contributed by atoms with Gasteiger partial charge in [-0.05, 0) is 12.8 Å². The number of aromatic nitrogens is 1. The van der Waals surface area contributed by atoms with Crippen molar-refractivity contribution in [2.24, 2.45) is 10.7 Å². The highest BCUT2D eigenvalue weighted by Gasteiger charge is 2.06. The highest BCUT2D eigenvalue weighted by Crippen LogP contribution is 2.14. The summed E-state index contributed by atoms with van der Waals surface area (Å²) in [5.41, 5.74) is 7.61. The molecule has 0 amide bonds. The fraction of sp³-hybridized carbons (Fsp3) is 0.500. The van der Waals surface area contributed by atoms with Gasteiger partial charge in [0.2, 0.25) is 0 Å². The zero-order valence-electron chi connectivity index (χ0n) is 11.1. The second kappa shape index (κ2) is 8.12. The third-order valence-electron chi connectivity index (χ3n) is 2.15. The number of aliphatic imine (C=N–C) groups is 1. The van der Waals surface area contributed by atoms with Gasteiger partial charge in [0.15, 0.2) is 11.7 Å². The van der Waals surface area contributed by atoms with Gasteiger partial charge in [-0.1, -0.05) is 31.2 Å². The first-order chi connectivity index (χ1) is 7.99. The van der Waals surface area contributed by atoms with E-state index in [0.29, 0.717) is 30.7 Å². The van der Waals surface area contributed by atoms with Crippen LogP contribution >= 0.6 is 24.0 Å². The lowest BCUT2D eigenvalue weighted by Crippen LogP contribution is -2.32. The van der Waals surface area contributed by atoms with Crippen molar-refractivity contribution in [1.82, 2.24) is 10.5 Å². The number of nitrogens with two attached hydrogens (primary N) is 1. The van der Waals surface area contributed by atoms with E-state index < -0.39 is 0 Å². The van der Waals surface area contributed by atoms with Crippen LogP contribution in [0.3, 0.4) is 0 Å². The Balaban J connectivity index is 0.00000289. The molecule has 1 aromatic heterocycles. The van der Waals surface area contributed by atoms with Crippen molar-refractivity contribution in [2.75, 3.05) is 6.54 Å². The molecule has 0 atom stereocenters. The van der Waals surface area contributed by atoms with Crippen LogP contribution in [-0.4, -0.2) is 17.7 Å². The molecule has 1 aromatic rings. The van der Waals surface area contributed by atoms with Gasteiger partial charge < -0.3 is 15.6 Å². The number of nitrogens with zero attached hydrogens (tertiary/aromatic N) is 2. The Morgan fingerprint density at radius 3 is 2.78 bits per heavy atom. The minimum absolute atomic E-state index is 0. The molecule has 5 nitrogen and oxygen atoms in total. The monoisotopic (exact) mass is 364 g/mol. The Hall–Kier alpha value is -1.05. The van der Waals surface area contributed by atoms with Crippen LogP contribution in [0.5, 0.6) is 0 Å². The van der Waals surface area contributed by atoms with E-state index >= 15 is 0 Å². The summed E-state index contributed by atoms with van der Waals surface area (Å²) in [6.45, 7) is 10.8. The molecule has 0 aliphatic carbocycles. The number of nitrogens with one attached hydrogen (secondary N) is 1. The van der Waals surface area contributed by atoms with E-state index in [-0.39, 0.29) is 24.0 Å². The van der Waals surface area contributed by atoms with Gasteiger partial charge >= 0.3 is 0 Å². The van der Waals surface area contributed by atoms with E-state index in [2.05, 4.69) is 35.9 Å². The fourth-order valence-corrected chi connectivity index (χ4v) is 1.14. The topological polar surface area (TPSA) is 76.4 Å². The number of hydrogen-bond acceptors (Lipinski definition) is 3. The molecule has 102 valence electrons. The molecule has 0 saturated heterocycles. The lowest BCUT2D eigenvalue weighted by atomic mass is 10.1. The Labute approximate surface area is 125 Å². The quantitative estimate of drug-likeness (QED) is 0.364. The zero-order chi connectivity index (χ0) is 12.8. The highest BCUT2D eigenvalue weighted by molar-refractivity contribution is 14.0. The molecule has 0 saturated carbocycles. The molecule has 0 aliphatic rings. The van der Waals surface area contributed by atoms with Crippen LogP contribution in [0.4, 0.5) is 0 Å². The summed E-state index contributed by atoms with van der Waals surface area (Å²) in [6.07, 6.45) is 0. The second-order valence-corrected chi connectivity index (χ2v) is 4.38. The van der Waals surface area contributed by atoms with E-state index in [4.69, 9.17) is 10.3 Å². The van der Waals surface area contributed by atoms with Crippen molar-refractivity contribution >= 4 is 29.9 Å². The molecule has 3 N–H and O–H groups in total. The third-order valence-corrected chi connectivity index (χ3v) is 2.15. The summed E-state index contributed by atoms with van der Waals surface area (Å²) in [6, 6.07) is 1.90. The summed E-state index contributed by atoms with van der Waals surface area (Å²) < 4.78 is 5.14. The first kappa shape index (κ1) is 16.9. The van der Waals surface area contributed by atoms with Crippen molar-refractivity contribution in [2.45, 2.75) is 33.2 Å². The molecule has 0 bridgehead atoms. The zero-order valence-corrected chi connectivity index (χ0v) is 13.4. The molecule has 1 heterocycles. The Bertz CT molecular complexity index is 412. The first-order valence-electron chi connectivity index (χ1n) is 5.62. The average molecular weight is 364 g/mol. The molecule has 0 fully saturated rings. The van der Waals surface area contributed by atoms with Crippen LogP contribution in [0.15, 0.2) is 27.7 Å². The fourth-order valence-electron chi connectivity index (χ4n) is 1.14. The molecule has 0 aromatic carbocycles. The minimum atomic E-state index is 0. The number of guanidine groups is 1. The summed E-state index contributed by atoms with van der Waals surface area (Å²) in [4.78, 5) is 4.15. The summed E-state index contributed by atoms with van der Waals surface area (Å²) in [5, 5.41) is 6.90. The first-order valence-corrected chi connectivity index (χ1v) is 5.62. The van der Waals surface area contributed by atoms with Crippen molar-refractivity contribution in [3.63, 3.8) is 0 Å². The molecular formula is C12H21IN4O. The van der Waals surface area contributed by atoms with Crippen molar-refractivity contribution in [3.05, 3.63) is 29.7 Å². The van der Waals surface area contributed by atoms with E-state index in [1.54, 1.807) is 0 Å². The molecule has 0 radical (unpaired) electrons. The van der Waals surface area contributed by atoms with Gasteiger partial charge in [-0.3, -0.25) is 0 Å². The minimum Gasteiger partial charge on any atom is -0.370 e. The summed E-state index contributed by atoms with van der Waals surface area (Å²) in [5.74, 6) is 1.46. The third kappa shape index (κ3) is 6.04. The van der Waals surface area contributed by atoms with Gasteiger partial charge in [0.05, 0.1) is 5.69 Å². The van der Waals surface area contributed by atoms with Gasteiger partial charge in [0.1, 0.15) is 6.54 Å². The van der Waals surface area contributed by atoms with Crippen LogP contribution in [0.1, 0.15) is 38.1 Å². The molecule has 6 heteroatoms. The smallest absolute Gasteiger partial charge is 0.189 e. The van der Waals surface area contributed by atoms with Gasteiger partial charge in [-0.2, -0.15) is 0 Å². The lowest BCUT2D eigenvalue weighted by Gasteiger charge is -2.03. The Morgan fingerprint density at radius 2 is 2.28 bits per heavy atom. The van der Waals surface area contributed by atoms with Crippen molar-refractivity contribution in [1.29, 1.82) is 0 Å². The van der Waals surface area contributed by atoms with Crippen molar-refractivity contribution < 1.29 is 4.52 Å². The molecule has 0 aliphatic heterocycles. The molecule has 1 rings (SSSR count). The molecule has 0 unspecified atom stereocenters. The van der Waals surface area contributed by atoms with Crippen LogP contribution in [0, 0.1) is 0 Å². The van der Waals surface area contributed by atoms with Gasteiger partial charge in [0.25, 0.3) is 0 Å². The standard InChI is InChI=1S/C12H20N4O.HI/c1-8(2)6-14-12(13)15-7-10-5-11(9(3)4)16-17-10;/h5,9H,1,6-7H2,2-4H3,(H3,13,14,15);1H. The average Bonchev–Trinajstić information content (AvgIpc) is 2.72. The number of halogens is 1. The maximum absolute atomic E-state index is 5.67. The molecule has 0 spiro atoms. The Morgan fingerprint density at radius 1 is 1.61 bits per heavy atom.